The largest absolute Gasteiger partial charge is 0.444 e. The minimum Gasteiger partial charge on any atom is -0.444 e. The number of carbonyl (C=O) groups is 2. The Morgan fingerprint density at radius 1 is 1.22 bits per heavy atom. The summed E-state index contributed by atoms with van der Waals surface area (Å²) in [6.07, 6.45) is 0.699. The van der Waals surface area contributed by atoms with E-state index in [-0.39, 0.29) is 18.0 Å². The van der Waals surface area contributed by atoms with E-state index in [0.29, 0.717) is 12.5 Å². The van der Waals surface area contributed by atoms with Crippen molar-refractivity contribution in [2.45, 2.75) is 45.8 Å². The summed E-state index contributed by atoms with van der Waals surface area (Å²) in [6, 6.07) is 0.198. The van der Waals surface area contributed by atoms with E-state index in [9.17, 15) is 9.59 Å². The van der Waals surface area contributed by atoms with E-state index in [1.54, 1.807) is 11.8 Å². The summed E-state index contributed by atoms with van der Waals surface area (Å²) in [7, 11) is 0. The van der Waals surface area contributed by atoms with E-state index in [2.05, 4.69) is 0 Å². The van der Waals surface area contributed by atoms with Crippen LogP contribution in [-0.2, 0) is 9.53 Å². The van der Waals surface area contributed by atoms with Crippen molar-refractivity contribution in [2.24, 2.45) is 5.92 Å². The molecular formula is C13H22N2O3. The Labute approximate surface area is 108 Å². The van der Waals surface area contributed by atoms with Crippen LogP contribution in [0.15, 0.2) is 0 Å². The van der Waals surface area contributed by atoms with Gasteiger partial charge in [0.1, 0.15) is 5.60 Å². The molecule has 2 aliphatic rings. The number of carbonyl (C=O) groups excluding carboxylic acids is 2. The second kappa shape index (κ2) is 4.44. The summed E-state index contributed by atoms with van der Waals surface area (Å²) in [4.78, 5) is 26.9. The first kappa shape index (κ1) is 13.2. The van der Waals surface area contributed by atoms with Gasteiger partial charge in [-0.15, -0.1) is 0 Å². The molecule has 2 amide bonds. The lowest BCUT2D eigenvalue weighted by Crippen LogP contribution is -2.66. The zero-order valence-electron chi connectivity index (χ0n) is 11.6. The van der Waals surface area contributed by atoms with Crippen molar-refractivity contribution in [1.29, 1.82) is 0 Å². The van der Waals surface area contributed by atoms with Crippen molar-refractivity contribution < 1.29 is 14.3 Å². The topological polar surface area (TPSA) is 49.9 Å². The van der Waals surface area contributed by atoms with Gasteiger partial charge in [-0.25, -0.2) is 4.79 Å². The van der Waals surface area contributed by atoms with E-state index in [0.717, 1.165) is 19.5 Å². The van der Waals surface area contributed by atoms with E-state index in [1.807, 2.05) is 25.7 Å². The molecule has 0 spiro atoms. The molecule has 2 rings (SSSR count). The van der Waals surface area contributed by atoms with Crippen molar-refractivity contribution >= 4 is 12.0 Å². The molecule has 0 aliphatic carbocycles. The third-order valence-corrected chi connectivity index (χ3v) is 3.61. The van der Waals surface area contributed by atoms with Crippen LogP contribution in [-0.4, -0.2) is 53.1 Å². The quantitative estimate of drug-likeness (QED) is 0.658. The summed E-state index contributed by atoms with van der Waals surface area (Å²) in [5, 5.41) is 0. The van der Waals surface area contributed by atoms with Crippen molar-refractivity contribution in [3.8, 4) is 0 Å². The fourth-order valence-electron chi connectivity index (χ4n) is 2.65. The van der Waals surface area contributed by atoms with Gasteiger partial charge in [0.2, 0.25) is 5.91 Å². The minimum atomic E-state index is -0.464. The Hall–Kier alpha value is -1.26. The number of hydrogen-bond donors (Lipinski definition) is 0. The van der Waals surface area contributed by atoms with Gasteiger partial charge >= 0.3 is 6.09 Å². The fourth-order valence-corrected chi connectivity index (χ4v) is 2.65. The maximum absolute atomic E-state index is 12.0. The van der Waals surface area contributed by atoms with Crippen LogP contribution >= 0.6 is 0 Å². The molecule has 5 nitrogen and oxygen atoms in total. The van der Waals surface area contributed by atoms with Gasteiger partial charge in [0, 0.05) is 32.5 Å². The van der Waals surface area contributed by atoms with Crippen LogP contribution in [0.1, 0.15) is 34.1 Å². The van der Waals surface area contributed by atoms with Crippen LogP contribution in [0.5, 0.6) is 0 Å². The number of nitrogens with zero attached hydrogens (tertiary/aromatic N) is 2. The van der Waals surface area contributed by atoms with E-state index < -0.39 is 5.60 Å². The number of piperidine rings is 1. The molecule has 2 aliphatic heterocycles. The molecule has 5 heteroatoms. The summed E-state index contributed by atoms with van der Waals surface area (Å²) >= 11 is 0. The number of ether oxygens (including phenoxy) is 1. The first-order valence-corrected chi connectivity index (χ1v) is 6.53. The monoisotopic (exact) mass is 254 g/mol. The molecule has 0 aromatic heterocycles. The van der Waals surface area contributed by atoms with Crippen molar-refractivity contribution in [3.05, 3.63) is 0 Å². The molecule has 2 saturated heterocycles. The standard InChI is InChI=1S/C13H22N2O3/c1-9(16)15-7-10-5-6-14(8-11(10)15)12(17)18-13(2,3)4/h10-11H,5-8H2,1-4H3. The predicted molar refractivity (Wildman–Crippen MR) is 67.1 cm³/mol. The highest BCUT2D eigenvalue weighted by Crippen LogP contribution is 2.32. The molecule has 2 heterocycles. The van der Waals surface area contributed by atoms with E-state index >= 15 is 0 Å². The SMILES string of the molecule is CC(=O)N1CC2CCN(C(=O)OC(C)(C)C)CC21. The van der Waals surface area contributed by atoms with Gasteiger partial charge in [0.15, 0.2) is 0 Å². The highest BCUT2D eigenvalue weighted by atomic mass is 16.6. The first-order valence-electron chi connectivity index (χ1n) is 6.53. The van der Waals surface area contributed by atoms with Gasteiger partial charge in [-0.1, -0.05) is 0 Å². The molecule has 0 aromatic rings. The highest BCUT2D eigenvalue weighted by molar-refractivity contribution is 5.75. The van der Waals surface area contributed by atoms with Crippen LogP contribution in [0, 0.1) is 5.92 Å². The molecular weight excluding hydrogens is 232 g/mol. The van der Waals surface area contributed by atoms with Crippen LogP contribution in [0.25, 0.3) is 0 Å². The summed E-state index contributed by atoms with van der Waals surface area (Å²) in [6.45, 7) is 9.38. The van der Waals surface area contributed by atoms with Gasteiger partial charge < -0.3 is 14.5 Å². The van der Waals surface area contributed by atoms with Gasteiger partial charge in [0.25, 0.3) is 0 Å². The predicted octanol–water partition coefficient (Wildman–Crippen LogP) is 1.47. The van der Waals surface area contributed by atoms with Crippen LogP contribution < -0.4 is 0 Å². The van der Waals surface area contributed by atoms with Gasteiger partial charge in [-0.05, 0) is 27.2 Å². The summed E-state index contributed by atoms with van der Waals surface area (Å²) in [5.74, 6) is 0.662. The van der Waals surface area contributed by atoms with E-state index in [4.69, 9.17) is 4.74 Å². The van der Waals surface area contributed by atoms with Gasteiger partial charge in [-0.2, -0.15) is 0 Å². The lowest BCUT2D eigenvalue weighted by atomic mass is 9.82. The fraction of sp³-hybridized carbons (Fsp3) is 0.846. The van der Waals surface area contributed by atoms with E-state index in [1.165, 1.54) is 0 Å². The second-order valence-corrected chi connectivity index (χ2v) is 6.21. The van der Waals surface area contributed by atoms with Crippen LogP contribution in [0.2, 0.25) is 0 Å². The average Bonchev–Trinajstić information content (AvgIpc) is 2.16. The Bertz CT molecular complexity index is 362. The molecule has 18 heavy (non-hydrogen) atoms. The normalized spacial score (nSPS) is 27.3. The molecule has 2 unspecified atom stereocenters. The molecule has 102 valence electrons. The molecule has 0 saturated carbocycles. The van der Waals surface area contributed by atoms with Crippen molar-refractivity contribution in [3.63, 3.8) is 0 Å². The van der Waals surface area contributed by atoms with Crippen molar-refractivity contribution in [1.82, 2.24) is 9.80 Å². The molecule has 2 fully saturated rings. The Kier molecular flexibility index (Phi) is 3.25. The lowest BCUT2D eigenvalue weighted by molar-refractivity contribution is -0.145. The molecule has 2 atom stereocenters. The second-order valence-electron chi connectivity index (χ2n) is 6.21. The molecule has 0 N–H and O–H groups in total. The maximum atomic E-state index is 12.0. The van der Waals surface area contributed by atoms with Crippen molar-refractivity contribution in [2.75, 3.05) is 19.6 Å². The number of likely N-dealkylation sites (tertiary alicyclic amines) is 2. The number of hydrogen-bond acceptors (Lipinski definition) is 3. The minimum absolute atomic E-state index is 0.0993. The third-order valence-electron chi connectivity index (χ3n) is 3.61. The maximum Gasteiger partial charge on any atom is 0.410 e. The number of rotatable bonds is 0. The Morgan fingerprint density at radius 3 is 2.44 bits per heavy atom. The zero-order valence-corrected chi connectivity index (χ0v) is 11.6. The zero-order chi connectivity index (χ0) is 13.5. The van der Waals surface area contributed by atoms with Crippen LogP contribution in [0.3, 0.4) is 0 Å². The average molecular weight is 254 g/mol. The summed E-state index contributed by atoms with van der Waals surface area (Å²) in [5.41, 5.74) is -0.464. The van der Waals surface area contributed by atoms with Crippen LogP contribution in [0.4, 0.5) is 4.79 Å². The smallest absolute Gasteiger partial charge is 0.410 e. The molecule has 0 bridgehead atoms. The Balaban J connectivity index is 1.93. The highest BCUT2D eigenvalue weighted by Gasteiger charge is 2.45. The molecule has 0 radical (unpaired) electrons. The first-order chi connectivity index (χ1) is 8.28. The van der Waals surface area contributed by atoms with Gasteiger partial charge in [-0.3, -0.25) is 4.79 Å². The van der Waals surface area contributed by atoms with Gasteiger partial charge in [0.05, 0.1) is 6.04 Å². The lowest BCUT2D eigenvalue weighted by Gasteiger charge is -2.52. The summed E-state index contributed by atoms with van der Waals surface area (Å²) < 4.78 is 5.36. The third kappa shape index (κ3) is 2.60. The number of amides is 2. The Morgan fingerprint density at radius 2 is 1.89 bits per heavy atom. The molecule has 0 aromatic carbocycles. The number of fused-ring (bicyclic) bond motifs is 1.